The van der Waals surface area contributed by atoms with Crippen LogP contribution in [-0.2, 0) is 61.2 Å². The molecule has 18 atom stereocenters. The lowest BCUT2D eigenvalue weighted by Gasteiger charge is -2.49. The van der Waals surface area contributed by atoms with Gasteiger partial charge in [0.15, 0.2) is 18.7 Å². The molecule has 0 bridgehead atoms. The van der Waals surface area contributed by atoms with Crippen LogP contribution < -0.4 is 0 Å². The third-order valence-electron chi connectivity index (χ3n) is 19.9. The summed E-state index contributed by atoms with van der Waals surface area (Å²) in [5.74, 6) is -1.97. The molecule has 0 aromatic carbocycles. The Morgan fingerprint density at radius 3 is 0.980 bits per heavy atom. The van der Waals surface area contributed by atoms with Crippen molar-refractivity contribution in [1.29, 1.82) is 0 Å². The molecule has 0 amide bonds. The van der Waals surface area contributed by atoms with Gasteiger partial charge in [-0.1, -0.05) is 290 Å². The molecule has 100 heavy (non-hydrogen) atoms. The van der Waals surface area contributed by atoms with Gasteiger partial charge in [-0.05, 0) is 19.3 Å². The van der Waals surface area contributed by atoms with Gasteiger partial charge in [0.25, 0.3) is 0 Å². The Labute approximate surface area is 600 Å². The normalized spacial score (nSPS) is 27.3. The predicted octanol–water partition coefficient (Wildman–Crippen LogP) is 11.7. The smallest absolute Gasteiger partial charge is 0.463 e. The van der Waals surface area contributed by atoms with E-state index in [0.29, 0.717) is 19.3 Å². The first-order valence-corrected chi connectivity index (χ1v) is 41.3. The molecule has 3 fully saturated rings. The number of phosphoric ester groups is 1. The number of carbonyl (C=O) groups excluding carboxylic acids is 3. The molecular formula is C75H141O24P. The van der Waals surface area contributed by atoms with Crippen molar-refractivity contribution >= 4 is 25.7 Å². The van der Waals surface area contributed by atoms with Crippen LogP contribution in [-0.4, -0.2) is 204 Å². The maximum absolute atomic E-state index is 14.4. The summed E-state index contributed by atoms with van der Waals surface area (Å²) in [4.78, 5) is 51.1. The van der Waals surface area contributed by atoms with Crippen LogP contribution in [0.3, 0.4) is 0 Å². The quantitative estimate of drug-likeness (QED) is 0.0117. The minimum absolute atomic E-state index is 0.0325. The summed E-state index contributed by atoms with van der Waals surface area (Å²) in [6.07, 6.45) is 15.7. The number of carbonyl (C=O) groups is 3. The van der Waals surface area contributed by atoms with Crippen LogP contribution >= 0.6 is 7.82 Å². The summed E-state index contributed by atoms with van der Waals surface area (Å²) in [5.41, 5.74) is 0. The summed E-state index contributed by atoms with van der Waals surface area (Å²) in [5, 5.41) is 110. The van der Waals surface area contributed by atoms with Crippen molar-refractivity contribution in [3.8, 4) is 0 Å². The van der Waals surface area contributed by atoms with E-state index in [-0.39, 0.29) is 19.3 Å². The van der Waals surface area contributed by atoms with Crippen LogP contribution in [0, 0.1) is 0 Å². The Balaban J connectivity index is 1.71. The van der Waals surface area contributed by atoms with Gasteiger partial charge in [0.2, 0.25) is 0 Å². The van der Waals surface area contributed by atoms with Gasteiger partial charge in [0.05, 0.1) is 13.2 Å². The van der Waals surface area contributed by atoms with Crippen LogP contribution in [0.4, 0.5) is 0 Å². The minimum atomic E-state index is -5.69. The van der Waals surface area contributed by atoms with Crippen LogP contribution in [0.25, 0.3) is 0 Å². The third kappa shape index (κ3) is 39.5. The fourth-order valence-corrected chi connectivity index (χ4v) is 14.4. The van der Waals surface area contributed by atoms with Crippen molar-refractivity contribution in [3.05, 3.63) is 0 Å². The van der Waals surface area contributed by atoms with Crippen molar-refractivity contribution in [3.63, 3.8) is 0 Å². The highest BCUT2D eigenvalue weighted by Crippen LogP contribution is 2.49. The van der Waals surface area contributed by atoms with E-state index in [4.69, 9.17) is 42.2 Å². The molecule has 2 heterocycles. The minimum Gasteiger partial charge on any atom is -0.463 e. The Hall–Kier alpha value is -2.04. The number of hydrogen-bond acceptors (Lipinski definition) is 23. The van der Waals surface area contributed by atoms with E-state index in [2.05, 4.69) is 20.8 Å². The Morgan fingerprint density at radius 1 is 0.350 bits per heavy atom. The lowest BCUT2D eigenvalue weighted by atomic mass is 9.84. The standard InChI is InChI=1S/C75H141O24P/c1-4-7-10-13-16-19-22-25-27-28-30-33-36-39-42-45-48-51-61(79)94-56(53-91-59(77)49-46-43-40-37-35-32-29-26-23-20-17-14-11-8-5-2)54-93-100(89,90)99-73-71(97-74-69(87)64(82)62(80)57(52-76)95-74)67(85)66(84)68(86)72(73)98-75-70(88)65(83)63(81)58(96-75)55-92-60(78)50-47-44-41-38-34-31-24-21-18-15-12-9-6-3/h56-58,62-76,80-88H,4-55H2,1-3H3,(H,89,90). The van der Waals surface area contributed by atoms with Crippen LogP contribution in [0.15, 0.2) is 0 Å². The molecule has 25 heteroatoms. The van der Waals surface area contributed by atoms with Gasteiger partial charge in [0, 0.05) is 19.3 Å². The van der Waals surface area contributed by atoms with Crippen molar-refractivity contribution < 1.29 is 117 Å². The number of aliphatic hydroxyl groups excluding tert-OH is 10. The molecule has 3 rings (SSSR count). The van der Waals surface area contributed by atoms with E-state index >= 15 is 0 Å². The molecule has 11 N–H and O–H groups in total. The molecule has 18 unspecified atom stereocenters. The molecule has 0 spiro atoms. The zero-order chi connectivity index (χ0) is 73.2. The Morgan fingerprint density at radius 2 is 0.640 bits per heavy atom. The van der Waals surface area contributed by atoms with E-state index in [1.807, 2.05) is 0 Å². The summed E-state index contributed by atoms with van der Waals surface area (Å²) >= 11 is 0. The monoisotopic (exact) mass is 1460 g/mol. The zero-order valence-corrected chi connectivity index (χ0v) is 62.7. The summed E-state index contributed by atoms with van der Waals surface area (Å²) in [6.45, 7) is 3.50. The number of unbranched alkanes of at least 4 members (excludes halogenated alkanes) is 42. The van der Waals surface area contributed by atoms with Gasteiger partial charge in [-0.2, -0.15) is 0 Å². The molecule has 1 saturated carbocycles. The highest BCUT2D eigenvalue weighted by molar-refractivity contribution is 7.47. The number of hydrogen-bond donors (Lipinski definition) is 11. The second kappa shape index (κ2) is 57.2. The number of esters is 3. The van der Waals surface area contributed by atoms with Gasteiger partial charge in [-0.15, -0.1) is 0 Å². The van der Waals surface area contributed by atoms with Crippen molar-refractivity contribution in [2.45, 2.75) is 433 Å². The topological polar surface area (TPSA) is 374 Å². The van der Waals surface area contributed by atoms with Crippen molar-refractivity contribution in [2.24, 2.45) is 0 Å². The average Bonchev–Trinajstić information content (AvgIpc) is 0.762. The first-order chi connectivity index (χ1) is 48.3. The van der Waals surface area contributed by atoms with Crippen LogP contribution in [0.2, 0.25) is 0 Å². The van der Waals surface area contributed by atoms with Crippen molar-refractivity contribution in [2.75, 3.05) is 26.4 Å². The maximum atomic E-state index is 14.4. The molecular weight excluding hydrogens is 1320 g/mol. The first-order valence-electron chi connectivity index (χ1n) is 39.8. The molecule has 3 aliphatic rings. The molecule has 590 valence electrons. The average molecular weight is 1460 g/mol. The summed E-state index contributed by atoms with van der Waals surface area (Å²) < 4.78 is 65.2. The highest BCUT2D eigenvalue weighted by atomic mass is 31.2. The van der Waals surface area contributed by atoms with E-state index in [0.717, 1.165) is 89.9 Å². The molecule has 2 aliphatic heterocycles. The second-order valence-electron chi connectivity index (χ2n) is 28.8. The van der Waals surface area contributed by atoms with Gasteiger partial charge < -0.3 is 89.1 Å². The lowest BCUT2D eigenvalue weighted by Crippen LogP contribution is -2.69. The summed E-state index contributed by atoms with van der Waals surface area (Å²) in [6, 6.07) is 0. The molecule has 0 radical (unpaired) electrons. The Bertz CT molecular complexity index is 2060. The number of ether oxygens (including phenoxy) is 7. The maximum Gasteiger partial charge on any atom is 0.472 e. The van der Waals surface area contributed by atoms with Crippen molar-refractivity contribution in [1.82, 2.24) is 0 Å². The number of rotatable bonds is 63. The molecule has 2 saturated heterocycles. The first kappa shape index (κ1) is 92.2. The molecule has 1 aliphatic carbocycles. The van der Waals surface area contributed by atoms with Crippen LogP contribution in [0.5, 0.6) is 0 Å². The van der Waals surface area contributed by atoms with Crippen LogP contribution in [0.1, 0.15) is 329 Å². The lowest BCUT2D eigenvalue weighted by molar-refractivity contribution is -0.360. The third-order valence-corrected chi connectivity index (χ3v) is 20.9. The van der Waals surface area contributed by atoms with Gasteiger partial charge >= 0.3 is 25.7 Å². The molecule has 0 aromatic heterocycles. The fourth-order valence-electron chi connectivity index (χ4n) is 13.4. The summed E-state index contributed by atoms with van der Waals surface area (Å²) in [7, 11) is -5.69. The molecule has 24 nitrogen and oxygen atoms in total. The van der Waals surface area contributed by atoms with E-state index in [1.165, 1.54) is 180 Å². The number of phosphoric acid groups is 1. The largest absolute Gasteiger partial charge is 0.472 e. The highest BCUT2D eigenvalue weighted by Gasteiger charge is 2.58. The van der Waals surface area contributed by atoms with Gasteiger partial charge in [-0.3, -0.25) is 23.4 Å². The fraction of sp³-hybridized carbons (Fsp3) is 0.960. The second-order valence-corrected chi connectivity index (χ2v) is 30.2. The predicted molar refractivity (Wildman–Crippen MR) is 379 cm³/mol. The zero-order valence-electron chi connectivity index (χ0n) is 61.8. The number of aliphatic hydroxyl groups is 10. The SMILES string of the molecule is CCCCCCCCCCCCCCCCCCCC(=O)OC(COC(=O)CCCCCCCCCCCCCCCCC)COP(=O)(O)OC1C(OC2OC(CO)C(O)C(O)C2O)C(O)C(O)C(O)C1OC1OC(COC(=O)CCCCCCCCCCCCCCC)C(O)C(O)C1O. The van der Waals surface area contributed by atoms with E-state index in [9.17, 15) is 74.9 Å². The van der Waals surface area contributed by atoms with Gasteiger partial charge in [-0.25, -0.2) is 4.57 Å². The van der Waals surface area contributed by atoms with E-state index < -0.39 is 156 Å². The Kier molecular flexibility index (Phi) is 52.7. The van der Waals surface area contributed by atoms with E-state index in [1.54, 1.807) is 0 Å². The van der Waals surface area contributed by atoms with Gasteiger partial charge in [0.1, 0.15) is 98.7 Å². The molecule has 0 aromatic rings.